The van der Waals surface area contributed by atoms with Crippen LogP contribution < -0.4 is 0 Å². The lowest BCUT2D eigenvalue weighted by molar-refractivity contribution is -0.132. The first-order valence-corrected chi connectivity index (χ1v) is 6.58. The SMILES string of the molecule is [N-]=[N+]=NC(=Cc1ccc(CN2CCOCC2)cc1)C(=O)O. The standard InChI is InChI=1S/C14H16N4O3/c15-17-16-13(14(19)20)9-11-1-3-12(4-2-11)10-18-5-7-21-8-6-18/h1-4,9H,5-8,10H2,(H,19,20). The molecule has 110 valence electrons. The molecule has 0 aliphatic carbocycles. The van der Waals surface area contributed by atoms with Crippen LogP contribution in [0.2, 0.25) is 0 Å². The molecule has 0 spiro atoms. The maximum Gasteiger partial charge on any atom is 0.338 e. The first-order chi connectivity index (χ1) is 10.2. The van der Waals surface area contributed by atoms with Gasteiger partial charge in [-0.25, -0.2) is 4.79 Å². The number of nitrogens with zero attached hydrogens (tertiary/aromatic N) is 4. The average Bonchev–Trinajstić information content (AvgIpc) is 2.49. The smallest absolute Gasteiger partial charge is 0.338 e. The Hall–Kier alpha value is -2.34. The fourth-order valence-corrected chi connectivity index (χ4v) is 2.08. The molecule has 21 heavy (non-hydrogen) atoms. The molecule has 0 unspecified atom stereocenters. The molecule has 1 N–H and O–H groups in total. The predicted molar refractivity (Wildman–Crippen MR) is 77.3 cm³/mol. The number of carbonyl (C=O) groups is 1. The van der Waals surface area contributed by atoms with Gasteiger partial charge in [-0.1, -0.05) is 29.4 Å². The highest BCUT2D eigenvalue weighted by atomic mass is 16.5. The van der Waals surface area contributed by atoms with Gasteiger partial charge >= 0.3 is 5.97 Å². The Balaban J connectivity index is 2.05. The zero-order valence-electron chi connectivity index (χ0n) is 11.5. The fraction of sp³-hybridized carbons (Fsp3) is 0.357. The van der Waals surface area contributed by atoms with Crippen LogP contribution in [0.5, 0.6) is 0 Å². The van der Waals surface area contributed by atoms with E-state index >= 15 is 0 Å². The molecule has 1 fully saturated rings. The molecule has 7 nitrogen and oxygen atoms in total. The molecular formula is C14H16N4O3. The van der Waals surface area contributed by atoms with Gasteiger partial charge in [-0.15, -0.1) is 0 Å². The Morgan fingerprint density at radius 3 is 2.62 bits per heavy atom. The Kier molecular flexibility index (Phi) is 5.34. The lowest BCUT2D eigenvalue weighted by Crippen LogP contribution is -2.35. The molecule has 0 atom stereocenters. The second-order valence-corrected chi connectivity index (χ2v) is 4.65. The van der Waals surface area contributed by atoms with Crippen LogP contribution in [0, 0.1) is 0 Å². The van der Waals surface area contributed by atoms with E-state index in [2.05, 4.69) is 14.9 Å². The minimum absolute atomic E-state index is 0.321. The van der Waals surface area contributed by atoms with Crippen molar-refractivity contribution >= 4 is 12.0 Å². The van der Waals surface area contributed by atoms with Crippen LogP contribution in [0.3, 0.4) is 0 Å². The van der Waals surface area contributed by atoms with E-state index in [1.54, 1.807) is 0 Å². The summed E-state index contributed by atoms with van der Waals surface area (Å²) >= 11 is 0. The summed E-state index contributed by atoms with van der Waals surface area (Å²) in [6.45, 7) is 4.20. The van der Waals surface area contributed by atoms with Crippen LogP contribution in [-0.2, 0) is 16.1 Å². The highest BCUT2D eigenvalue weighted by Crippen LogP contribution is 2.12. The summed E-state index contributed by atoms with van der Waals surface area (Å²) in [4.78, 5) is 15.7. The maximum atomic E-state index is 10.9. The molecule has 0 saturated carbocycles. The Morgan fingerprint density at radius 1 is 1.38 bits per heavy atom. The molecule has 0 aromatic heterocycles. The number of rotatable bonds is 5. The van der Waals surface area contributed by atoms with Crippen LogP contribution in [0.25, 0.3) is 16.5 Å². The summed E-state index contributed by atoms with van der Waals surface area (Å²) in [5.41, 5.74) is 9.84. The van der Waals surface area contributed by atoms with Crippen molar-refractivity contribution in [1.29, 1.82) is 0 Å². The summed E-state index contributed by atoms with van der Waals surface area (Å²) in [6.07, 6.45) is 1.35. The minimum Gasteiger partial charge on any atom is -0.478 e. The molecule has 2 rings (SSSR count). The van der Waals surface area contributed by atoms with E-state index < -0.39 is 5.97 Å². The average molecular weight is 288 g/mol. The molecule has 7 heteroatoms. The molecule has 0 bridgehead atoms. The van der Waals surface area contributed by atoms with Gasteiger partial charge in [0, 0.05) is 24.5 Å². The highest BCUT2D eigenvalue weighted by molar-refractivity contribution is 5.91. The molecule has 1 aliphatic heterocycles. The van der Waals surface area contributed by atoms with Crippen molar-refractivity contribution in [1.82, 2.24) is 4.90 Å². The first kappa shape index (κ1) is 15.1. The molecule has 0 radical (unpaired) electrons. The second kappa shape index (κ2) is 7.44. The third-order valence-corrected chi connectivity index (χ3v) is 3.16. The van der Waals surface area contributed by atoms with Gasteiger partial charge in [0.2, 0.25) is 0 Å². The summed E-state index contributed by atoms with van der Waals surface area (Å²) in [7, 11) is 0. The van der Waals surface area contributed by atoms with Crippen molar-refractivity contribution < 1.29 is 14.6 Å². The highest BCUT2D eigenvalue weighted by Gasteiger charge is 2.10. The Morgan fingerprint density at radius 2 is 2.05 bits per heavy atom. The van der Waals surface area contributed by atoms with Crippen molar-refractivity contribution in [2.45, 2.75) is 6.54 Å². The van der Waals surface area contributed by atoms with Gasteiger partial charge in [-0.3, -0.25) is 4.90 Å². The molecule has 1 heterocycles. The first-order valence-electron chi connectivity index (χ1n) is 6.58. The lowest BCUT2D eigenvalue weighted by Gasteiger charge is -2.26. The molecule has 1 aliphatic rings. The summed E-state index contributed by atoms with van der Waals surface area (Å²) in [5.74, 6) is -1.25. The molecular weight excluding hydrogens is 272 g/mol. The topological polar surface area (TPSA) is 98.5 Å². The number of ether oxygens (including phenoxy) is 1. The number of morpholine rings is 1. The molecule has 1 aromatic rings. The quantitative estimate of drug-likeness (QED) is 0.389. The third-order valence-electron chi connectivity index (χ3n) is 3.16. The van der Waals surface area contributed by atoms with E-state index in [0.717, 1.165) is 38.4 Å². The number of benzene rings is 1. The van der Waals surface area contributed by atoms with Crippen molar-refractivity contribution in [2.75, 3.05) is 26.3 Å². The van der Waals surface area contributed by atoms with Crippen LogP contribution in [-0.4, -0.2) is 42.3 Å². The fourth-order valence-electron chi connectivity index (χ4n) is 2.08. The predicted octanol–water partition coefficient (Wildman–Crippen LogP) is 2.25. The maximum absolute atomic E-state index is 10.9. The van der Waals surface area contributed by atoms with Crippen LogP contribution in [0.15, 0.2) is 35.1 Å². The van der Waals surface area contributed by atoms with E-state index in [-0.39, 0.29) is 5.70 Å². The van der Waals surface area contributed by atoms with E-state index in [0.29, 0.717) is 5.56 Å². The summed E-state index contributed by atoms with van der Waals surface area (Å²) in [6, 6.07) is 7.50. The van der Waals surface area contributed by atoms with Crippen LogP contribution in [0.1, 0.15) is 11.1 Å². The van der Waals surface area contributed by atoms with Crippen LogP contribution in [0.4, 0.5) is 0 Å². The zero-order chi connectivity index (χ0) is 15.1. The second-order valence-electron chi connectivity index (χ2n) is 4.65. The third kappa shape index (κ3) is 4.61. The number of hydrogen-bond donors (Lipinski definition) is 1. The molecule has 0 amide bonds. The largest absolute Gasteiger partial charge is 0.478 e. The number of carboxylic acid groups (broad SMARTS) is 1. The number of azide groups is 1. The Labute approximate surface area is 122 Å². The molecule has 1 saturated heterocycles. The van der Waals surface area contributed by atoms with E-state index in [1.807, 2.05) is 24.3 Å². The van der Waals surface area contributed by atoms with Gasteiger partial charge in [0.1, 0.15) is 5.70 Å². The van der Waals surface area contributed by atoms with Gasteiger partial charge in [-0.05, 0) is 22.7 Å². The van der Waals surface area contributed by atoms with Gasteiger partial charge in [-0.2, -0.15) is 0 Å². The summed E-state index contributed by atoms with van der Waals surface area (Å²) < 4.78 is 5.30. The zero-order valence-corrected chi connectivity index (χ0v) is 11.5. The van der Waals surface area contributed by atoms with E-state index in [9.17, 15) is 4.79 Å². The Bertz CT molecular complexity index is 566. The van der Waals surface area contributed by atoms with E-state index in [4.69, 9.17) is 15.4 Å². The molecule has 1 aromatic carbocycles. The van der Waals surface area contributed by atoms with Crippen molar-refractivity contribution in [3.63, 3.8) is 0 Å². The van der Waals surface area contributed by atoms with Gasteiger partial charge < -0.3 is 9.84 Å². The van der Waals surface area contributed by atoms with Crippen molar-refractivity contribution in [2.24, 2.45) is 5.11 Å². The number of carboxylic acids is 1. The van der Waals surface area contributed by atoms with E-state index in [1.165, 1.54) is 6.08 Å². The van der Waals surface area contributed by atoms with Crippen molar-refractivity contribution in [3.8, 4) is 0 Å². The monoisotopic (exact) mass is 288 g/mol. The number of hydrogen-bond acceptors (Lipinski definition) is 4. The summed E-state index contributed by atoms with van der Waals surface area (Å²) in [5, 5.41) is 12.0. The van der Waals surface area contributed by atoms with Crippen molar-refractivity contribution in [3.05, 3.63) is 51.5 Å². The normalized spacial score (nSPS) is 16.3. The van der Waals surface area contributed by atoms with Gasteiger partial charge in [0.15, 0.2) is 0 Å². The van der Waals surface area contributed by atoms with Crippen LogP contribution >= 0.6 is 0 Å². The van der Waals surface area contributed by atoms with Gasteiger partial charge in [0.05, 0.1) is 13.2 Å². The minimum atomic E-state index is -1.25. The number of aliphatic carboxylic acids is 1. The lowest BCUT2D eigenvalue weighted by atomic mass is 10.1. The van der Waals surface area contributed by atoms with Gasteiger partial charge in [0.25, 0.3) is 0 Å².